The number of hydrogen-bond donors (Lipinski definition) is 0. The van der Waals surface area contributed by atoms with Crippen molar-refractivity contribution in [3.8, 4) is 6.07 Å². The zero-order chi connectivity index (χ0) is 19.6. The number of benzene rings is 2. The van der Waals surface area contributed by atoms with Gasteiger partial charge in [0.2, 0.25) is 5.91 Å². The molecule has 2 aliphatic heterocycles. The maximum Gasteiger partial charge on any atom is 0.227 e. The van der Waals surface area contributed by atoms with Crippen molar-refractivity contribution in [2.45, 2.75) is 13.0 Å². The Hall–Kier alpha value is -2.75. The predicted molar refractivity (Wildman–Crippen MR) is 103 cm³/mol. The highest BCUT2D eigenvalue weighted by atomic mass is 19.1. The molecule has 4 rings (SSSR count). The first kappa shape index (κ1) is 18.6. The van der Waals surface area contributed by atoms with Crippen LogP contribution in [-0.4, -0.2) is 43.7 Å². The minimum absolute atomic E-state index is 0.0513. The molecule has 2 aromatic rings. The van der Waals surface area contributed by atoms with E-state index in [1.807, 2.05) is 24.3 Å². The molecule has 0 radical (unpaired) electrons. The van der Waals surface area contributed by atoms with Gasteiger partial charge in [0, 0.05) is 43.7 Å². The minimum Gasteiger partial charge on any atom is -0.379 e. The summed E-state index contributed by atoms with van der Waals surface area (Å²) in [5.41, 5.74) is 2.24. The number of hydrogen-bond acceptors (Lipinski definition) is 4. The van der Waals surface area contributed by atoms with Gasteiger partial charge in [0.05, 0.1) is 24.8 Å². The van der Waals surface area contributed by atoms with Gasteiger partial charge in [0.25, 0.3) is 0 Å². The highest BCUT2D eigenvalue weighted by molar-refractivity contribution is 5.96. The summed E-state index contributed by atoms with van der Waals surface area (Å²) in [4.78, 5) is 16.8. The van der Waals surface area contributed by atoms with Gasteiger partial charge in [-0.05, 0) is 42.0 Å². The fraction of sp³-hybridized carbons (Fsp3) is 0.364. The van der Waals surface area contributed by atoms with Crippen LogP contribution < -0.4 is 4.90 Å². The van der Waals surface area contributed by atoms with Gasteiger partial charge in [0.15, 0.2) is 0 Å². The Kier molecular flexibility index (Phi) is 5.12. The second-order valence-electron chi connectivity index (χ2n) is 7.71. The number of ether oxygens (including phenoxy) is 1. The molecule has 0 aliphatic carbocycles. The van der Waals surface area contributed by atoms with Gasteiger partial charge in [-0.15, -0.1) is 0 Å². The molecule has 0 saturated carbocycles. The summed E-state index contributed by atoms with van der Waals surface area (Å²) in [6.07, 6.45) is 0.425. The average Bonchev–Trinajstić information content (AvgIpc) is 2.89. The second-order valence-corrected chi connectivity index (χ2v) is 7.71. The van der Waals surface area contributed by atoms with Gasteiger partial charge < -0.3 is 9.64 Å². The smallest absolute Gasteiger partial charge is 0.227 e. The topological polar surface area (TPSA) is 56.6 Å². The first-order valence-corrected chi connectivity index (χ1v) is 9.42. The van der Waals surface area contributed by atoms with Crippen molar-refractivity contribution >= 4 is 11.6 Å². The van der Waals surface area contributed by atoms with Crippen LogP contribution in [-0.2, 0) is 16.1 Å². The highest BCUT2D eigenvalue weighted by Gasteiger charge is 2.45. The molecule has 144 valence electrons. The Labute approximate surface area is 163 Å². The number of carbonyl (C=O) groups is 1. The normalized spacial score (nSPS) is 23.0. The van der Waals surface area contributed by atoms with E-state index in [0.717, 1.165) is 30.9 Å². The molecule has 0 N–H and O–H groups in total. The molecule has 0 aromatic heterocycles. The maximum atomic E-state index is 13.2. The van der Waals surface area contributed by atoms with Gasteiger partial charge in [-0.3, -0.25) is 9.69 Å². The number of rotatable bonds is 3. The standard InChI is InChI=1S/C22H22FN3O2/c23-19-5-7-20(8-6-19)26-15-22(11-21(26)27)14-25(9-10-28-16-22)13-18-3-1-17(12-24)2-4-18/h1-8H,9-11,13-16H2. The molecule has 2 fully saturated rings. The Morgan fingerprint density at radius 1 is 1.11 bits per heavy atom. The lowest BCUT2D eigenvalue weighted by atomic mass is 9.87. The van der Waals surface area contributed by atoms with Crippen LogP contribution in [0.2, 0.25) is 0 Å². The molecule has 2 aliphatic rings. The molecule has 1 atom stereocenters. The first-order valence-electron chi connectivity index (χ1n) is 9.42. The molecule has 2 heterocycles. The summed E-state index contributed by atoms with van der Waals surface area (Å²) in [5, 5.41) is 8.95. The van der Waals surface area contributed by atoms with Crippen LogP contribution in [0.25, 0.3) is 0 Å². The van der Waals surface area contributed by atoms with Crippen molar-refractivity contribution in [3.63, 3.8) is 0 Å². The van der Waals surface area contributed by atoms with Crippen LogP contribution >= 0.6 is 0 Å². The number of carbonyl (C=O) groups excluding carboxylic acids is 1. The van der Waals surface area contributed by atoms with Crippen molar-refractivity contribution < 1.29 is 13.9 Å². The number of halogens is 1. The summed E-state index contributed by atoms with van der Waals surface area (Å²) in [5.74, 6) is -0.257. The predicted octanol–water partition coefficient (Wildman–Crippen LogP) is 2.95. The summed E-state index contributed by atoms with van der Waals surface area (Å²) in [7, 11) is 0. The molecule has 0 bridgehead atoms. The van der Waals surface area contributed by atoms with Gasteiger partial charge in [-0.1, -0.05) is 12.1 Å². The van der Waals surface area contributed by atoms with Crippen LogP contribution in [0.5, 0.6) is 0 Å². The fourth-order valence-electron chi connectivity index (χ4n) is 4.11. The van der Waals surface area contributed by atoms with E-state index in [-0.39, 0.29) is 17.1 Å². The van der Waals surface area contributed by atoms with Gasteiger partial charge >= 0.3 is 0 Å². The third kappa shape index (κ3) is 3.91. The quantitative estimate of drug-likeness (QED) is 0.823. The van der Waals surface area contributed by atoms with Crippen LogP contribution in [0, 0.1) is 22.6 Å². The van der Waals surface area contributed by atoms with Gasteiger partial charge in [-0.2, -0.15) is 5.26 Å². The van der Waals surface area contributed by atoms with Crippen LogP contribution in [0.4, 0.5) is 10.1 Å². The van der Waals surface area contributed by atoms with E-state index in [0.29, 0.717) is 31.7 Å². The molecular weight excluding hydrogens is 357 g/mol. The van der Waals surface area contributed by atoms with Crippen molar-refractivity contribution in [1.82, 2.24) is 4.90 Å². The number of nitrogens with zero attached hydrogens (tertiary/aromatic N) is 3. The molecule has 28 heavy (non-hydrogen) atoms. The summed E-state index contributed by atoms with van der Waals surface area (Å²) < 4.78 is 19.1. The Morgan fingerprint density at radius 3 is 2.57 bits per heavy atom. The van der Waals surface area contributed by atoms with Crippen molar-refractivity contribution in [3.05, 3.63) is 65.5 Å². The van der Waals surface area contributed by atoms with E-state index in [4.69, 9.17) is 10.00 Å². The Morgan fingerprint density at radius 2 is 1.86 bits per heavy atom. The Balaban J connectivity index is 1.49. The van der Waals surface area contributed by atoms with E-state index < -0.39 is 0 Å². The average molecular weight is 379 g/mol. The highest BCUT2D eigenvalue weighted by Crippen LogP contribution is 2.37. The summed E-state index contributed by atoms with van der Waals surface area (Å²) >= 11 is 0. The van der Waals surface area contributed by atoms with E-state index >= 15 is 0 Å². The lowest BCUT2D eigenvalue weighted by Gasteiger charge is -2.31. The third-order valence-electron chi connectivity index (χ3n) is 5.47. The number of amides is 1. The lowest BCUT2D eigenvalue weighted by molar-refractivity contribution is -0.118. The van der Waals surface area contributed by atoms with E-state index in [1.165, 1.54) is 12.1 Å². The number of anilines is 1. The maximum absolute atomic E-state index is 13.2. The second kappa shape index (κ2) is 7.70. The van der Waals surface area contributed by atoms with Crippen molar-refractivity contribution in [1.29, 1.82) is 5.26 Å². The molecule has 2 saturated heterocycles. The Bertz CT molecular complexity index is 891. The van der Waals surface area contributed by atoms with E-state index in [2.05, 4.69) is 11.0 Å². The SMILES string of the molecule is N#Cc1ccc(CN2CCOCC3(CC(=O)N(c4ccc(F)cc4)C3)C2)cc1. The van der Waals surface area contributed by atoms with Crippen LogP contribution in [0.15, 0.2) is 48.5 Å². The molecule has 2 aromatic carbocycles. The zero-order valence-electron chi connectivity index (χ0n) is 15.6. The van der Waals surface area contributed by atoms with E-state index in [1.54, 1.807) is 17.0 Å². The summed E-state index contributed by atoms with van der Waals surface area (Å²) in [6.45, 7) is 4.05. The number of nitriles is 1. The first-order chi connectivity index (χ1) is 13.6. The molecule has 6 heteroatoms. The molecular formula is C22H22FN3O2. The molecule has 1 unspecified atom stereocenters. The fourth-order valence-corrected chi connectivity index (χ4v) is 4.11. The van der Waals surface area contributed by atoms with Crippen LogP contribution in [0.1, 0.15) is 17.5 Å². The molecule has 1 spiro atoms. The third-order valence-corrected chi connectivity index (χ3v) is 5.47. The summed E-state index contributed by atoms with van der Waals surface area (Å²) in [6, 6.07) is 15.8. The minimum atomic E-state index is -0.309. The molecule has 5 nitrogen and oxygen atoms in total. The van der Waals surface area contributed by atoms with Gasteiger partial charge in [0.1, 0.15) is 5.82 Å². The van der Waals surface area contributed by atoms with Gasteiger partial charge in [-0.25, -0.2) is 4.39 Å². The largest absolute Gasteiger partial charge is 0.379 e. The monoisotopic (exact) mass is 379 g/mol. The zero-order valence-corrected chi connectivity index (χ0v) is 15.6. The van der Waals surface area contributed by atoms with Crippen molar-refractivity contribution in [2.75, 3.05) is 37.7 Å². The van der Waals surface area contributed by atoms with Crippen LogP contribution in [0.3, 0.4) is 0 Å². The lowest BCUT2D eigenvalue weighted by Crippen LogP contribution is -2.40. The van der Waals surface area contributed by atoms with Crippen molar-refractivity contribution in [2.24, 2.45) is 5.41 Å². The molecule has 1 amide bonds. The van der Waals surface area contributed by atoms with E-state index in [9.17, 15) is 9.18 Å².